The Morgan fingerprint density at radius 2 is 1.85 bits per heavy atom. The highest BCUT2D eigenvalue weighted by Crippen LogP contribution is 2.37. The van der Waals surface area contributed by atoms with Crippen molar-refractivity contribution in [3.63, 3.8) is 0 Å². The van der Waals surface area contributed by atoms with Crippen molar-refractivity contribution in [3.8, 4) is 11.1 Å². The summed E-state index contributed by atoms with van der Waals surface area (Å²) in [6.45, 7) is 0. The molecule has 2 aromatic carbocycles. The summed E-state index contributed by atoms with van der Waals surface area (Å²) in [5, 5.41) is 11.9. The molecule has 5 heteroatoms. The molecule has 2 heterocycles. The number of benzene rings is 2. The van der Waals surface area contributed by atoms with Gasteiger partial charge in [0.1, 0.15) is 11.9 Å². The average molecular weight is 365 g/mol. The molecule has 0 amide bonds. The van der Waals surface area contributed by atoms with Crippen molar-refractivity contribution in [1.82, 2.24) is 4.57 Å². The summed E-state index contributed by atoms with van der Waals surface area (Å²) in [6, 6.07) is 15.2. The number of aryl methyl sites for hydroxylation is 1. The number of rotatable bonds is 2. The Morgan fingerprint density at radius 1 is 1.08 bits per heavy atom. The zero-order chi connectivity index (χ0) is 18.3. The monoisotopic (exact) mass is 364 g/mol. The third-order valence-electron chi connectivity index (χ3n) is 4.58. The summed E-state index contributed by atoms with van der Waals surface area (Å²) in [6.07, 6.45) is 5.99. The van der Waals surface area contributed by atoms with Gasteiger partial charge in [-0.05, 0) is 35.9 Å². The fourth-order valence-corrected chi connectivity index (χ4v) is 3.51. The molecular weight excluding hydrogens is 348 g/mol. The molecule has 0 bridgehead atoms. The van der Waals surface area contributed by atoms with Gasteiger partial charge in [-0.2, -0.15) is 0 Å². The number of allylic oxidation sites excluding steroid dienone is 2. The first-order valence-electron chi connectivity index (χ1n) is 8.27. The third-order valence-corrected chi connectivity index (χ3v) is 4.82. The Hall–Kier alpha value is -2.82. The lowest BCUT2D eigenvalue weighted by Crippen LogP contribution is -2.36. The Kier molecular flexibility index (Phi) is 4.15. The number of pyridine rings is 1. The Balaban J connectivity index is 2.16. The predicted molar refractivity (Wildman–Crippen MR) is 106 cm³/mol. The maximum atomic E-state index is 13.2. The normalized spacial score (nSPS) is 16.4. The van der Waals surface area contributed by atoms with Crippen LogP contribution in [0.2, 0.25) is 5.02 Å². The number of halogens is 1. The van der Waals surface area contributed by atoms with Gasteiger partial charge in [0.2, 0.25) is 0 Å². The zero-order valence-electron chi connectivity index (χ0n) is 14.1. The van der Waals surface area contributed by atoms with Crippen LogP contribution in [-0.2, 0) is 7.05 Å². The molecule has 4 rings (SSSR count). The Labute approximate surface area is 155 Å². The molecule has 1 atom stereocenters. The first-order chi connectivity index (χ1) is 12.6. The highest BCUT2D eigenvalue weighted by atomic mass is 35.5. The lowest BCUT2D eigenvalue weighted by Gasteiger charge is -2.29. The van der Waals surface area contributed by atoms with Crippen LogP contribution in [0, 0.1) is 0 Å². The molecule has 0 saturated carbocycles. The van der Waals surface area contributed by atoms with Crippen molar-refractivity contribution >= 4 is 28.2 Å². The molecule has 1 unspecified atom stereocenters. The number of aromatic nitrogens is 1. The standard InChI is InChI=1S/C21H17ClN2O2/c1-23-17-11-10-15(22)13-16(17)19(14-7-3-2-4-8-14)20(21(23)26)24-12-6-5-9-18(24)25/h2-13,18,25H,1H3. The number of hydrogen-bond donors (Lipinski definition) is 1. The summed E-state index contributed by atoms with van der Waals surface area (Å²) in [7, 11) is 1.73. The molecule has 1 aliphatic rings. The predicted octanol–water partition coefficient (Wildman–Crippen LogP) is 4.07. The van der Waals surface area contributed by atoms with Crippen molar-refractivity contribution in [2.75, 3.05) is 4.90 Å². The maximum Gasteiger partial charge on any atom is 0.275 e. The van der Waals surface area contributed by atoms with Crippen LogP contribution in [0.1, 0.15) is 0 Å². The van der Waals surface area contributed by atoms with Crippen molar-refractivity contribution in [2.45, 2.75) is 6.23 Å². The molecule has 0 radical (unpaired) electrons. The van der Waals surface area contributed by atoms with Gasteiger partial charge in [0.25, 0.3) is 5.56 Å². The van der Waals surface area contributed by atoms with Crippen LogP contribution >= 0.6 is 11.6 Å². The summed E-state index contributed by atoms with van der Waals surface area (Å²) in [4.78, 5) is 14.8. The Morgan fingerprint density at radius 3 is 2.58 bits per heavy atom. The van der Waals surface area contributed by atoms with Crippen molar-refractivity contribution in [1.29, 1.82) is 0 Å². The summed E-state index contributed by atoms with van der Waals surface area (Å²) >= 11 is 6.26. The van der Waals surface area contributed by atoms with Gasteiger partial charge in [-0.3, -0.25) is 4.79 Å². The zero-order valence-corrected chi connectivity index (χ0v) is 14.9. The van der Waals surface area contributed by atoms with E-state index < -0.39 is 6.23 Å². The highest BCUT2D eigenvalue weighted by molar-refractivity contribution is 6.31. The van der Waals surface area contributed by atoms with Gasteiger partial charge in [0.15, 0.2) is 0 Å². The molecule has 130 valence electrons. The third kappa shape index (κ3) is 2.64. The van der Waals surface area contributed by atoms with Gasteiger partial charge < -0.3 is 14.6 Å². The minimum atomic E-state index is -0.910. The van der Waals surface area contributed by atoms with Gasteiger partial charge in [-0.15, -0.1) is 0 Å². The summed E-state index contributed by atoms with van der Waals surface area (Å²) in [5.74, 6) is 0. The van der Waals surface area contributed by atoms with Gasteiger partial charge in [0, 0.05) is 29.2 Å². The smallest absolute Gasteiger partial charge is 0.275 e. The lowest BCUT2D eigenvalue weighted by molar-refractivity contribution is 0.226. The second-order valence-electron chi connectivity index (χ2n) is 6.16. The molecule has 0 spiro atoms. The average Bonchev–Trinajstić information content (AvgIpc) is 2.66. The van der Waals surface area contributed by atoms with Crippen LogP contribution in [0.5, 0.6) is 0 Å². The molecule has 0 aliphatic carbocycles. The van der Waals surface area contributed by atoms with Crippen LogP contribution in [0.15, 0.2) is 77.8 Å². The van der Waals surface area contributed by atoms with E-state index in [9.17, 15) is 9.90 Å². The number of aliphatic hydroxyl groups is 1. The van der Waals surface area contributed by atoms with E-state index in [1.54, 1.807) is 47.0 Å². The summed E-state index contributed by atoms with van der Waals surface area (Å²) < 4.78 is 1.59. The minimum absolute atomic E-state index is 0.183. The maximum absolute atomic E-state index is 13.2. The fourth-order valence-electron chi connectivity index (χ4n) is 3.33. The molecule has 26 heavy (non-hydrogen) atoms. The van der Waals surface area contributed by atoms with Crippen LogP contribution < -0.4 is 10.5 Å². The van der Waals surface area contributed by atoms with Crippen LogP contribution in [0.3, 0.4) is 0 Å². The quantitative estimate of drug-likeness (QED) is 0.745. The Bertz CT molecular complexity index is 1100. The van der Waals surface area contributed by atoms with Crippen LogP contribution in [-0.4, -0.2) is 15.9 Å². The second kappa shape index (κ2) is 6.48. The van der Waals surface area contributed by atoms with Crippen LogP contribution in [0.4, 0.5) is 5.69 Å². The molecule has 0 fully saturated rings. The largest absolute Gasteiger partial charge is 0.370 e. The molecule has 1 aliphatic heterocycles. The van der Waals surface area contributed by atoms with E-state index in [0.29, 0.717) is 10.7 Å². The van der Waals surface area contributed by atoms with Gasteiger partial charge in [-0.1, -0.05) is 48.0 Å². The molecule has 0 saturated heterocycles. The number of nitrogens with zero attached hydrogens (tertiary/aromatic N) is 2. The number of fused-ring (bicyclic) bond motifs is 1. The van der Waals surface area contributed by atoms with E-state index >= 15 is 0 Å². The van der Waals surface area contributed by atoms with E-state index in [1.807, 2.05) is 42.5 Å². The number of aliphatic hydroxyl groups excluding tert-OH is 1. The molecule has 3 aromatic rings. The van der Waals surface area contributed by atoms with E-state index in [2.05, 4.69) is 0 Å². The molecule has 1 aromatic heterocycles. The van der Waals surface area contributed by atoms with Crippen molar-refractivity contribution in [3.05, 3.63) is 88.3 Å². The highest BCUT2D eigenvalue weighted by Gasteiger charge is 2.24. The van der Waals surface area contributed by atoms with Crippen LogP contribution in [0.25, 0.3) is 22.0 Å². The molecular formula is C21H17ClN2O2. The summed E-state index contributed by atoms with van der Waals surface area (Å²) in [5.41, 5.74) is 2.67. The lowest BCUT2D eigenvalue weighted by atomic mass is 9.98. The minimum Gasteiger partial charge on any atom is -0.370 e. The van der Waals surface area contributed by atoms with Crippen molar-refractivity contribution in [2.24, 2.45) is 7.05 Å². The second-order valence-corrected chi connectivity index (χ2v) is 6.60. The number of hydrogen-bond acceptors (Lipinski definition) is 3. The van der Waals surface area contributed by atoms with Gasteiger partial charge >= 0.3 is 0 Å². The SMILES string of the molecule is Cn1c(=O)c(N2C=CC=CC2O)c(-c2ccccc2)c2cc(Cl)ccc21. The van der Waals surface area contributed by atoms with Gasteiger partial charge in [0.05, 0.1) is 5.52 Å². The molecule has 1 N–H and O–H groups in total. The first kappa shape index (κ1) is 16.6. The topological polar surface area (TPSA) is 45.5 Å². The van der Waals surface area contributed by atoms with E-state index in [4.69, 9.17) is 11.6 Å². The van der Waals surface area contributed by atoms with Crippen molar-refractivity contribution < 1.29 is 5.11 Å². The number of anilines is 1. The van der Waals surface area contributed by atoms with E-state index in [1.165, 1.54) is 0 Å². The molecule has 4 nitrogen and oxygen atoms in total. The van der Waals surface area contributed by atoms with E-state index in [0.717, 1.165) is 22.0 Å². The fraction of sp³-hybridized carbons (Fsp3) is 0.0952. The first-order valence-corrected chi connectivity index (χ1v) is 8.65. The van der Waals surface area contributed by atoms with Gasteiger partial charge in [-0.25, -0.2) is 0 Å². The van der Waals surface area contributed by atoms with E-state index in [-0.39, 0.29) is 5.56 Å².